The number of piperidine rings is 3. The molecule has 2 atom stereocenters. The van der Waals surface area contributed by atoms with E-state index in [0.29, 0.717) is 11.5 Å². The molecule has 2 unspecified atom stereocenters. The van der Waals surface area contributed by atoms with E-state index in [1.54, 1.807) is 18.5 Å². The first-order chi connectivity index (χ1) is 12.4. The summed E-state index contributed by atoms with van der Waals surface area (Å²) in [5, 5.41) is 3.04. The van der Waals surface area contributed by atoms with Gasteiger partial charge in [0, 0.05) is 37.0 Å². The van der Waals surface area contributed by atoms with E-state index in [4.69, 9.17) is 4.74 Å². The summed E-state index contributed by atoms with van der Waals surface area (Å²) in [6, 6.07) is -0.257. The van der Waals surface area contributed by atoms with Gasteiger partial charge in [0.25, 0.3) is 0 Å². The van der Waals surface area contributed by atoms with Gasteiger partial charge in [-0.1, -0.05) is 0 Å². The Labute approximate surface area is 149 Å². The van der Waals surface area contributed by atoms with Gasteiger partial charge in [0.15, 0.2) is 5.76 Å². The Morgan fingerprint density at radius 1 is 1.31 bits per heavy atom. The molecular formula is C18H18F3N3O2. The molecule has 0 saturated carbocycles. The highest BCUT2D eigenvalue weighted by atomic mass is 19.4. The van der Waals surface area contributed by atoms with Gasteiger partial charge in [0.1, 0.15) is 6.10 Å². The molecule has 3 fully saturated rings. The Bertz CT molecular complexity index is 752. The highest BCUT2D eigenvalue weighted by Crippen LogP contribution is 2.31. The normalized spacial score (nSPS) is 32.0. The number of hydrogen-bond acceptors (Lipinski definition) is 3. The van der Waals surface area contributed by atoms with Crippen LogP contribution in [0.4, 0.5) is 18.0 Å². The molecular weight excluding hydrogens is 347 g/mol. The van der Waals surface area contributed by atoms with Crippen LogP contribution in [0.1, 0.15) is 19.3 Å². The summed E-state index contributed by atoms with van der Waals surface area (Å²) < 4.78 is 41.9. The van der Waals surface area contributed by atoms with Crippen molar-refractivity contribution in [1.29, 1.82) is 0 Å². The number of fused-ring (bicyclic) bond motifs is 4. The fourth-order valence-electron chi connectivity index (χ4n) is 3.76. The van der Waals surface area contributed by atoms with Gasteiger partial charge in [0.05, 0.1) is 6.17 Å². The number of allylic oxidation sites excluding steroid dienone is 1. The molecule has 0 aromatic heterocycles. The highest BCUT2D eigenvalue weighted by molar-refractivity contribution is 5.77. The predicted molar refractivity (Wildman–Crippen MR) is 87.1 cm³/mol. The van der Waals surface area contributed by atoms with Crippen LogP contribution in [-0.4, -0.2) is 47.4 Å². The van der Waals surface area contributed by atoms with Gasteiger partial charge < -0.3 is 10.1 Å². The third kappa shape index (κ3) is 3.58. The van der Waals surface area contributed by atoms with Gasteiger partial charge in [-0.2, -0.15) is 13.2 Å². The third-order valence-electron chi connectivity index (χ3n) is 5.09. The maximum absolute atomic E-state index is 12.5. The van der Waals surface area contributed by atoms with E-state index in [2.05, 4.69) is 10.2 Å². The van der Waals surface area contributed by atoms with Crippen molar-refractivity contribution >= 4 is 6.03 Å². The zero-order valence-electron chi connectivity index (χ0n) is 13.9. The number of ether oxygens (including phenoxy) is 1. The summed E-state index contributed by atoms with van der Waals surface area (Å²) in [5.41, 5.74) is 0.597. The lowest BCUT2D eigenvalue weighted by Gasteiger charge is -2.45. The van der Waals surface area contributed by atoms with Crippen LogP contribution in [0, 0.1) is 17.8 Å². The van der Waals surface area contributed by atoms with Crippen molar-refractivity contribution in [2.24, 2.45) is 5.92 Å². The van der Waals surface area contributed by atoms with Crippen molar-refractivity contribution in [2.75, 3.05) is 13.1 Å². The van der Waals surface area contributed by atoms with E-state index in [0.717, 1.165) is 19.5 Å². The number of nitrogens with zero attached hydrogens (tertiary/aromatic N) is 2. The van der Waals surface area contributed by atoms with Crippen LogP contribution in [0.25, 0.3) is 0 Å². The summed E-state index contributed by atoms with van der Waals surface area (Å²) in [7, 11) is 0. The fraction of sp³-hybridized carbons (Fsp3) is 0.500. The van der Waals surface area contributed by atoms with Crippen molar-refractivity contribution in [3.63, 3.8) is 0 Å². The average molecular weight is 365 g/mol. The lowest BCUT2D eigenvalue weighted by Crippen LogP contribution is -2.57. The molecule has 5 aliphatic rings. The Morgan fingerprint density at radius 2 is 2.08 bits per heavy atom. The van der Waals surface area contributed by atoms with Crippen molar-refractivity contribution in [2.45, 2.75) is 37.7 Å². The summed E-state index contributed by atoms with van der Waals surface area (Å²) in [6.07, 6.45) is 4.49. The molecule has 0 spiro atoms. The maximum Gasteiger partial charge on any atom is 0.458 e. The number of carbonyl (C=O) groups is 1. The molecule has 3 saturated heterocycles. The number of nitrogens with one attached hydrogen (secondary N) is 1. The van der Waals surface area contributed by atoms with Crippen LogP contribution in [-0.2, 0) is 4.74 Å². The molecule has 0 aromatic rings. The van der Waals surface area contributed by atoms with Crippen LogP contribution >= 0.6 is 0 Å². The number of alkyl halides is 3. The number of halogens is 3. The van der Waals surface area contributed by atoms with Gasteiger partial charge in [-0.05, 0) is 43.3 Å². The Morgan fingerprint density at radius 3 is 2.73 bits per heavy atom. The highest BCUT2D eigenvalue weighted by Gasteiger charge is 2.35. The number of urea groups is 1. The zero-order valence-corrected chi connectivity index (χ0v) is 13.9. The SMILES string of the molecule is O=C(NC1CC2CCN1CC2)N1C=CC2OC(C#CC(F)(F)F)=CC2=C1. The quantitative estimate of drug-likeness (QED) is 0.727. The molecule has 5 aliphatic heterocycles. The molecule has 26 heavy (non-hydrogen) atoms. The summed E-state index contributed by atoms with van der Waals surface area (Å²) in [5.74, 6) is 3.77. The Balaban J connectivity index is 1.42. The van der Waals surface area contributed by atoms with Crippen LogP contribution in [0.15, 0.2) is 35.9 Å². The van der Waals surface area contributed by atoms with Crippen molar-refractivity contribution in [3.05, 3.63) is 35.9 Å². The molecule has 5 nitrogen and oxygen atoms in total. The lowest BCUT2D eigenvalue weighted by atomic mass is 9.86. The van der Waals surface area contributed by atoms with Gasteiger partial charge in [-0.3, -0.25) is 9.80 Å². The first kappa shape index (κ1) is 17.0. The van der Waals surface area contributed by atoms with Crippen molar-refractivity contribution < 1.29 is 22.7 Å². The van der Waals surface area contributed by atoms with Gasteiger partial charge in [0.2, 0.25) is 0 Å². The predicted octanol–water partition coefficient (Wildman–Crippen LogP) is 2.70. The Hall–Kier alpha value is -2.40. The van der Waals surface area contributed by atoms with E-state index in [1.807, 2.05) is 5.92 Å². The van der Waals surface area contributed by atoms with Crippen molar-refractivity contribution in [1.82, 2.24) is 15.1 Å². The molecule has 2 amide bonds. The molecule has 0 aliphatic carbocycles. The fourth-order valence-corrected chi connectivity index (χ4v) is 3.76. The maximum atomic E-state index is 12.5. The monoisotopic (exact) mass is 365 g/mol. The molecule has 5 heterocycles. The van der Waals surface area contributed by atoms with Gasteiger partial charge in [-0.25, -0.2) is 4.79 Å². The van der Waals surface area contributed by atoms with Crippen LogP contribution < -0.4 is 5.32 Å². The van der Waals surface area contributed by atoms with Crippen LogP contribution in [0.3, 0.4) is 0 Å². The zero-order chi connectivity index (χ0) is 18.3. The van der Waals surface area contributed by atoms with Gasteiger partial charge in [-0.15, -0.1) is 0 Å². The second-order valence-corrected chi connectivity index (χ2v) is 6.85. The molecule has 0 aromatic carbocycles. The number of rotatable bonds is 1. The first-order valence-corrected chi connectivity index (χ1v) is 8.58. The summed E-state index contributed by atoms with van der Waals surface area (Å²) in [6.45, 7) is 2.01. The number of hydrogen-bond donors (Lipinski definition) is 1. The minimum atomic E-state index is -4.57. The van der Waals surface area contributed by atoms with E-state index >= 15 is 0 Å². The second kappa shape index (κ2) is 6.40. The standard InChI is InChI=1S/C18H18F3N3O2/c19-18(20,21)5-1-14-10-13-11-24(8-4-15(13)26-14)17(25)22-16-9-12-2-6-23(16)7-3-12/h4,8,10-12,15-16H,2-3,6-7,9H2,(H,22,25). The summed E-state index contributed by atoms with van der Waals surface area (Å²) >= 11 is 0. The largest absolute Gasteiger partial charge is 0.473 e. The molecule has 5 rings (SSSR count). The van der Waals surface area contributed by atoms with E-state index in [-0.39, 0.29) is 18.0 Å². The minimum Gasteiger partial charge on any atom is -0.473 e. The topological polar surface area (TPSA) is 44.8 Å². The van der Waals surface area contributed by atoms with E-state index in [1.165, 1.54) is 29.7 Å². The molecule has 1 N–H and O–H groups in total. The molecule has 2 bridgehead atoms. The van der Waals surface area contributed by atoms with E-state index in [9.17, 15) is 18.0 Å². The number of amides is 2. The van der Waals surface area contributed by atoms with E-state index < -0.39 is 12.3 Å². The average Bonchev–Trinajstić information content (AvgIpc) is 3.02. The molecule has 8 heteroatoms. The summed E-state index contributed by atoms with van der Waals surface area (Å²) in [4.78, 5) is 16.2. The second-order valence-electron chi connectivity index (χ2n) is 6.85. The van der Waals surface area contributed by atoms with Crippen LogP contribution in [0.5, 0.6) is 0 Å². The van der Waals surface area contributed by atoms with Gasteiger partial charge >= 0.3 is 12.2 Å². The minimum absolute atomic E-state index is 0.0445. The first-order valence-electron chi connectivity index (χ1n) is 8.58. The molecule has 0 radical (unpaired) electrons. The number of carbonyl (C=O) groups excluding carboxylic acids is 1. The molecule has 138 valence electrons. The third-order valence-corrected chi connectivity index (χ3v) is 5.09. The van der Waals surface area contributed by atoms with Crippen molar-refractivity contribution in [3.8, 4) is 11.8 Å². The lowest BCUT2D eigenvalue weighted by molar-refractivity contribution is -0.0697. The van der Waals surface area contributed by atoms with Crippen LogP contribution in [0.2, 0.25) is 0 Å². The Kier molecular flexibility index (Phi) is 4.19. The smallest absolute Gasteiger partial charge is 0.458 e.